The van der Waals surface area contributed by atoms with Crippen LogP contribution in [0.1, 0.15) is 73.7 Å². The molecule has 1 atom stereocenters. The minimum Gasteiger partial charge on any atom is -0.292 e. The van der Waals surface area contributed by atoms with E-state index in [2.05, 4.69) is 94.1 Å². The van der Waals surface area contributed by atoms with E-state index in [1.54, 1.807) is 0 Å². The summed E-state index contributed by atoms with van der Waals surface area (Å²) >= 11 is 0. The molecule has 0 radical (unpaired) electrons. The van der Waals surface area contributed by atoms with Crippen LogP contribution in [0.2, 0.25) is 0 Å². The maximum atomic E-state index is 5.13. The van der Waals surface area contributed by atoms with Gasteiger partial charge in [-0.15, -0.1) is 0 Å². The first kappa shape index (κ1) is 22.7. The number of benzene rings is 2. The van der Waals surface area contributed by atoms with Crippen molar-refractivity contribution >= 4 is 0 Å². The molecule has 32 heavy (non-hydrogen) atoms. The first-order valence-electron chi connectivity index (χ1n) is 12.4. The van der Waals surface area contributed by atoms with Crippen LogP contribution in [0.4, 0.5) is 0 Å². The van der Waals surface area contributed by atoms with Gasteiger partial charge >= 0.3 is 0 Å². The average molecular weight is 427 g/mol. The van der Waals surface area contributed by atoms with Crippen LogP contribution in [0.25, 0.3) is 11.3 Å². The number of pyridine rings is 1. The first-order chi connectivity index (χ1) is 15.5. The third-order valence-electron chi connectivity index (χ3n) is 7.04. The number of rotatable bonds is 7. The monoisotopic (exact) mass is 426 g/mol. The third-order valence-corrected chi connectivity index (χ3v) is 7.04. The van der Waals surface area contributed by atoms with Gasteiger partial charge < -0.3 is 0 Å². The Labute approximate surface area is 194 Å². The zero-order valence-electron chi connectivity index (χ0n) is 20.5. The van der Waals surface area contributed by atoms with Crippen molar-refractivity contribution in [3.63, 3.8) is 0 Å². The van der Waals surface area contributed by atoms with Gasteiger partial charge in [-0.2, -0.15) is 0 Å². The second kappa shape index (κ2) is 10.0. The van der Waals surface area contributed by atoms with Crippen molar-refractivity contribution in [3.05, 3.63) is 88.1 Å². The van der Waals surface area contributed by atoms with Crippen molar-refractivity contribution in [1.29, 1.82) is 0 Å². The molecule has 0 aliphatic carbocycles. The number of nitrogens with zero attached hydrogens (tertiary/aromatic N) is 2. The molecule has 2 heterocycles. The summed E-state index contributed by atoms with van der Waals surface area (Å²) in [5, 5.41) is 0. The molecular weight excluding hydrogens is 388 g/mol. The third kappa shape index (κ3) is 4.66. The molecule has 168 valence electrons. The van der Waals surface area contributed by atoms with Crippen LogP contribution in [0.15, 0.2) is 54.6 Å². The molecule has 3 aromatic rings. The average Bonchev–Trinajstić information content (AvgIpc) is 2.80. The van der Waals surface area contributed by atoms with Crippen LogP contribution < -0.4 is 0 Å². The summed E-state index contributed by atoms with van der Waals surface area (Å²) in [7, 11) is 0. The summed E-state index contributed by atoms with van der Waals surface area (Å²) in [6, 6.07) is 20.8. The topological polar surface area (TPSA) is 16.1 Å². The zero-order valence-corrected chi connectivity index (χ0v) is 20.5. The van der Waals surface area contributed by atoms with Gasteiger partial charge in [-0.1, -0.05) is 76.2 Å². The second-order valence-corrected chi connectivity index (χ2v) is 9.66. The van der Waals surface area contributed by atoms with Crippen molar-refractivity contribution in [2.24, 2.45) is 5.92 Å². The molecule has 4 rings (SSSR count). The summed E-state index contributed by atoms with van der Waals surface area (Å²) in [6.45, 7) is 13.4. The van der Waals surface area contributed by atoms with Gasteiger partial charge in [-0.3, -0.25) is 9.88 Å². The Morgan fingerprint density at radius 3 is 2.28 bits per heavy atom. The van der Waals surface area contributed by atoms with Gasteiger partial charge in [0.25, 0.3) is 0 Å². The molecule has 0 amide bonds. The lowest BCUT2D eigenvalue weighted by Gasteiger charge is -2.38. The number of hydrogen-bond donors (Lipinski definition) is 0. The molecule has 0 saturated heterocycles. The highest BCUT2D eigenvalue weighted by Crippen LogP contribution is 2.36. The summed E-state index contributed by atoms with van der Waals surface area (Å²) in [5.74, 6) is 0.674. The molecule has 1 unspecified atom stereocenters. The van der Waals surface area contributed by atoms with Gasteiger partial charge in [0.05, 0.1) is 5.69 Å². The van der Waals surface area contributed by atoms with E-state index in [0.717, 1.165) is 43.7 Å². The Kier molecular flexibility index (Phi) is 7.10. The molecule has 0 fully saturated rings. The summed E-state index contributed by atoms with van der Waals surface area (Å²) in [4.78, 5) is 7.81. The molecular formula is C30H38N2. The van der Waals surface area contributed by atoms with Crippen molar-refractivity contribution in [3.8, 4) is 11.3 Å². The molecule has 2 heteroatoms. The van der Waals surface area contributed by atoms with Gasteiger partial charge in [-0.25, -0.2) is 0 Å². The highest BCUT2D eigenvalue weighted by atomic mass is 15.2. The predicted octanol–water partition coefficient (Wildman–Crippen LogP) is 7.33. The zero-order chi connectivity index (χ0) is 22.7. The van der Waals surface area contributed by atoms with Crippen LogP contribution in [-0.4, -0.2) is 16.4 Å². The van der Waals surface area contributed by atoms with Gasteiger partial charge in [0.15, 0.2) is 0 Å². The van der Waals surface area contributed by atoms with E-state index in [1.165, 1.54) is 39.8 Å². The number of fused-ring (bicyclic) bond motifs is 1. The highest BCUT2D eigenvalue weighted by molar-refractivity contribution is 5.68. The van der Waals surface area contributed by atoms with Crippen LogP contribution in [0.3, 0.4) is 0 Å². The maximum Gasteiger partial charge on any atom is 0.0710 e. The first-order valence-corrected chi connectivity index (χ1v) is 12.4. The molecule has 1 aliphatic rings. The summed E-state index contributed by atoms with van der Waals surface area (Å²) < 4.78 is 0. The Bertz CT molecular complexity index is 1040. The van der Waals surface area contributed by atoms with Crippen LogP contribution >= 0.6 is 0 Å². The molecule has 0 saturated carbocycles. The minimum absolute atomic E-state index is 0.492. The molecule has 1 aromatic heterocycles. The lowest BCUT2D eigenvalue weighted by atomic mass is 9.87. The normalized spacial score (nSPS) is 16.4. The van der Waals surface area contributed by atoms with E-state index in [4.69, 9.17) is 4.98 Å². The van der Waals surface area contributed by atoms with E-state index in [-0.39, 0.29) is 0 Å². The Balaban J connectivity index is 1.64. The fourth-order valence-corrected chi connectivity index (χ4v) is 5.30. The van der Waals surface area contributed by atoms with Crippen molar-refractivity contribution < 1.29 is 0 Å². The van der Waals surface area contributed by atoms with E-state index in [0.29, 0.717) is 12.0 Å². The van der Waals surface area contributed by atoms with Gasteiger partial charge in [0.1, 0.15) is 0 Å². The van der Waals surface area contributed by atoms with E-state index in [1.807, 2.05) is 0 Å². The fraction of sp³-hybridized carbons (Fsp3) is 0.433. The van der Waals surface area contributed by atoms with Crippen molar-refractivity contribution in [2.75, 3.05) is 6.54 Å². The molecule has 0 spiro atoms. The molecule has 0 bridgehead atoms. The standard InChI is InChI=1S/C30H38N2/c1-6-23-12-10-13-24(7-2)30(23)28-16-15-26(22(5)31-28)20-32-18-17-25-11-8-9-14-27(25)29(32)19-21(3)4/h8-16,21,29H,6-7,17-20H2,1-5H3. The molecule has 2 aromatic carbocycles. The molecule has 1 aliphatic heterocycles. The maximum absolute atomic E-state index is 5.13. The van der Waals surface area contributed by atoms with Crippen LogP contribution in [0, 0.1) is 12.8 Å². The summed E-state index contributed by atoms with van der Waals surface area (Å²) in [5.41, 5.74) is 10.8. The minimum atomic E-state index is 0.492. The number of hydrogen-bond acceptors (Lipinski definition) is 2. The van der Waals surface area contributed by atoms with Gasteiger partial charge in [-0.05, 0) is 72.4 Å². The molecule has 0 N–H and O–H groups in total. The van der Waals surface area contributed by atoms with Crippen molar-refractivity contribution in [2.45, 2.75) is 72.9 Å². The lowest BCUT2D eigenvalue weighted by molar-refractivity contribution is 0.154. The summed E-state index contributed by atoms with van der Waals surface area (Å²) in [6.07, 6.45) is 4.41. The SMILES string of the molecule is CCc1cccc(CC)c1-c1ccc(CN2CCc3ccccc3C2CC(C)C)c(C)n1. The van der Waals surface area contributed by atoms with E-state index >= 15 is 0 Å². The highest BCUT2D eigenvalue weighted by Gasteiger charge is 2.28. The van der Waals surface area contributed by atoms with E-state index in [9.17, 15) is 0 Å². The Morgan fingerprint density at radius 1 is 0.906 bits per heavy atom. The van der Waals surface area contributed by atoms with Crippen molar-refractivity contribution in [1.82, 2.24) is 9.88 Å². The number of aromatic nitrogens is 1. The van der Waals surface area contributed by atoms with E-state index < -0.39 is 0 Å². The largest absolute Gasteiger partial charge is 0.292 e. The Hall–Kier alpha value is -2.45. The van der Waals surface area contributed by atoms with Crippen LogP contribution in [0.5, 0.6) is 0 Å². The smallest absolute Gasteiger partial charge is 0.0710 e. The second-order valence-electron chi connectivity index (χ2n) is 9.66. The fourth-order valence-electron chi connectivity index (χ4n) is 5.30. The lowest BCUT2D eigenvalue weighted by Crippen LogP contribution is -2.36. The number of aryl methyl sites for hydroxylation is 3. The quantitative estimate of drug-likeness (QED) is 0.393. The van der Waals surface area contributed by atoms with Gasteiger partial charge in [0.2, 0.25) is 0 Å². The Morgan fingerprint density at radius 2 is 1.62 bits per heavy atom. The predicted molar refractivity (Wildman–Crippen MR) is 136 cm³/mol. The van der Waals surface area contributed by atoms with Crippen LogP contribution in [-0.2, 0) is 25.8 Å². The molecule has 2 nitrogen and oxygen atoms in total. The van der Waals surface area contributed by atoms with Gasteiger partial charge in [0, 0.05) is 30.4 Å².